The van der Waals surface area contributed by atoms with Gasteiger partial charge in [0, 0.05) is 7.05 Å². The van der Waals surface area contributed by atoms with Crippen molar-refractivity contribution in [2.45, 2.75) is 45.4 Å². The van der Waals surface area contributed by atoms with Crippen LogP contribution in [0, 0.1) is 0 Å². The molecule has 1 aromatic carbocycles. The van der Waals surface area contributed by atoms with Crippen molar-refractivity contribution in [3.05, 3.63) is 29.8 Å². The smallest absolute Gasteiger partial charge is 0.408 e. The maximum atomic E-state index is 12.9. The molecular weight excluding hydrogens is 394 g/mol. The van der Waals surface area contributed by atoms with Crippen molar-refractivity contribution in [1.29, 1.82) is 0 Å². The third kappa shape index (κ3) is 7.61. The van der Waals surface area contributed by atoms with Gasteiger partial charge in [-0.1, -0.05) is 12.1 Å². The van der Waals surface area contributed by atoms with Crippen molar-refractivity contribution in [2.24, 2.45) is 0 Å². The summed E-state index contributed by atoms with van der Waals surface area (Å²) in [4.78, 5) is 50.0. The molecule has 2 unspecified atom stereocenters. The summed E-state index contributed by atoms with van der Waals surface area (Å²) < 4.78 is 9.64. The van der Waals surface area contributed by atoms with Crippen LogP contribution < -0.4 is 10.6 Å². The molecule has 0 saturated heterocycles. The van der Waals surface area contributed by atoms with Crippen molar-refractivity contribution in [1.82, 2.24) is 15.5 Å². The van der Waals surface area contributed by atoms with E-state index < -0.39 is 41.6 Å². The van der Waals surface area contributed by atoms with Crippen LogP contribution in [0.3, 0.4) is 0 Å². The van der Waals surface area contributed by atoms with Crippen LogP contribution in [-0.2, 0) is 23.9 Å². The number of methoxy groups -OCH3 is 1. The van der Waals surface area contributed by atoms with Gasteiger partial charge in [0.2, 0.25) is 11.8 Å². The maximum absolute atomic E-state index is 12.9. The number of hydrogen-bond acceptors (Lipinski definition) is 7. The predicted octanol–water partition coefficient (Wildman–Crippen LogP) is 1.09. The van der Waals surface area contributed by atoms with Gasteiger partial charge in [-0.15, -0.1) is 0 Å². The summed E-state index contributed by atoms with van der Waals surface area (Å²) in [6, 6.07) is 3.59. The minimum Gasteiger partial charge on any atom is -0.508 e. The van der Waals surface area contributed by atoms with Crippen LogP contribution in [0.5, 0.6) is 5.75 Å². The molecule has 0 spiro atoms. The van der Waals surface area contributed by atoms with Crippen molar-refractivity contribution in [3.63, 3.8) is 0 Å². The molecule has 30 heavy (non-hydrogen) atoms. The van der Waals surface area contributed by atoms with Gasteiger partial charge in [0.05, 0.1) is 7.11 Å². The zero-order chi connectivity index (χ0) is 23.1. The molecule has 1 rings (SSSR count). The van der Waals surface area contributed by atoms with E-state index in [1.165, 1.54) is 45.3 Å². The second-order valence-electron chi connectivity index (χ2n) is 7.61. The Bertz CT molecular complexity index is 772. The van der Waals surface area contributed by atoms with E-state index in [-0.39, 0.29) is 12.3 Å². The first kappa shape index (κ1) is 24.7. The van der Waals surface area contributed by atoms with Gasteiger partial charge in [-0.2, -0.15) is 0 Å². The molecule has 0 fully saturated rings. The molecule has 0 aliphatic rings. The fourth-order valence-electron chi connectivity index (χ4n) is 2.51. The Hall–Kier alpha value is -3.30. The second kappa shape index (κ2) is 10.5. The Labute approximate surface area is 175 Å². The highest BCUT2D eigenvalue weighted by atomic mass is 16.6. The van der Waals surface area contributed by atoms with Crippen molar-refractivity contribution >= 4 is 23.9 Å². The number of benzene rings is 1. The van der Waals surface area contributed by atoms with E-state index in [2.05, 4.69) is 15.4 Å². The quantitative estimate of drug-likeness (QED) is 0.559. The number of nitrogens with one attached hydrogen (secondary N) is 2. The van der Waals surface area contributed by atoms with Gasteiger partial charge in [0.1, 0.15) is 30.0 Å². The number of carbonyl (C=O) groups excluding carboxylic acids is 4. The number of rotatable bonds is 7. The molecule has 3 N–H and O–H groups in total. The van der Waals surface area contributed by atoms with E-state index in [0.29, 0.717) is 5.56 Å². The van der Waals surface area contributed by atoms with Crippen LogP contribution in [0.1, 0.15) is 39.3 Å². The first-order chi connectivity index (χ1) is 13.9. The number of nitrogens with zero attached hydrogens (tertiary/aromatic N) is 1. The van der Waals surface area contributed by atoms with Gasteiger partial charge < -0.3 is 30.1 Å². The summed E-state index contributed by atoms with van der Waals surface area (Å²) in [6.45, 7) is 6.16. The lowest BCUT2D eigenvalue weighted by Gasteiger charge is -2.30. The highest BCUT2D eigenvalue weighted by Gasteiger charge is 2.32. The third-order valence-corrected chi connectivity index (χ3v) is 3.93. The second-order valence-corrected chi connectivity index (χ2v) is 7.61. The summed E-state index contributed by atoms with van der Waals surface area (Å²) >= 11 is 0. The van der Waals surface area contributed by atoms with E-state index in [1.807, 2.05) is 0 Å². The normalized spacial score (nSPS) is 12.9. The number of ether oxygens (including phenoxy) is 2. The molecule has 1 aromatic rings. The average molecular weight is 423 g/mol. The van der Waals surface area contributed by atoms with E-state index >= 15 is 0 Å². The Morgan fingerprint density at radius 1 is 1.13 bits per heavy atom. The fraction of sp³-hybridized carbons (Fsp3) is 0.500. The average Bonchev–Trinajstić information content (AvgIpc) is 2.65. The van der Waals surface area contributed by atoms with Crippen molar-refractivity contribution < 1.29 is 33.8 Å². The molecule has 10 nitrogen and oxygen atoms in total. The molecule has 3 amide bonds. The van der Waals surface area contributed by atoms with E-state index in [4.69, 9.17) is 4.74 Å². The number of likely N-dealkylation sites (N-methyl/N-ethyl adjacent to an activating group) is 1. The Morgan fingerprint density at radius 3 is 2.20 bits per heavy atom. The van der Waals surface area contributed by atoms with E-state index in [0.717, 1.165) is 4.90 Å². The standard InChI is InChI=1S/C20H29N3O7/c1-12(22-19(28)30-20(2,3)4)18(27)23(5)16(13-7-9-14(24)10-8-13)17(26)21-11-15(25)29-6/h7-10,12,16,24H,11H2,1-6H3,(H,21,26)(H,22,28). The molecule has 10 heteroatoms. The van der Waals surface area contributed by atoms with E-state index in [9.17, 15) is 24.3 Å². The minimum atomic E-state index is -1.12. The number of phenolic OH excluding ortho intramolecular Hbond substituents is 1. The topological polar surface area (TPSA) is 134 Å². The molecule has 0 aliphatic heterocycles. The van der Waals surface area contributed by atoms with Crippen molar-refractivity contribution in [2.75, 3.05) is 20.7 Å². The van der Waals surface area contributed by atoms with Crippen molar-refractivity contribution in [3.8, 4) is 5.75 Å². The number of carbonyl (C=O) groups is 4. The fourth-order valence-corrected chi connectivity index (χ4v) is 2.51. The Balaban J connectivity index is 3.02. The minimum absolute atomic E-state index is 0.0126. The van der Waals surface area contributed by atoms with E-state index in [1.54, 1.807) is 20.8 Å². The van der Waals surface area contributed by atoms with Crippen LogP contribution in [0.25, 0.3) is 0 Å². The molecule has 0 aliphatic carbocycles. The molecule has 0 radical (unpaired) electrons. The number of amides is 3. The molecule has 2 atom stereocenters. The number of hydrogen-bond donors (Lipinski definition) is 3. The van der Waals surface area contributed by atoms with Gasteiger partial charge in [0.15, 0.2) is 0 Å². The molecule has 0 bridgehead atoms. The van der Waals surface area contributed by atoms with Gasteiger partial charge in [-0.3, -0.25) is 14.4 Å². The van der Waals surface area contributed by atoms with Crippen LogP contribution in [0.4, 0.5) is 4.79 Å². The Kier molecular flexibility index (Phi) is 8.63. The van der Waals surface area contributed by atoms with Crippen LogP contribution >= 0.6 is 0 Å². The summed E-state index contributed by atoms with van der Waals surface area (Å²) in [7, 11) is 2.58. The lowest BCUT2D eigenvalue weighted by Crippen LogP contribution is -2.50. The summed E-state index contributed by atoms with van der Waals surface area (Å²) in [5, 5.41) is 14.4. The highest BCUT2D eigenvalue weighted by Crippen LogP contribution is 2.23. The molecule has 0 saturated carbocycles. The first-order valence-electron chi connectivity index (χ1n) is 9.25. The van der Waals surface area contributed by atoms with Gasteiger partial charge in [-0.25, -0.2) is 4.79 Å². The summed E-state index contributed by atoms with van der Waals surface area (Å²) in [5.41, 5.74) is -0.336. The zero-order valence-corrected chi connectivity index (χ0v) is 18.0. The number of alkyl carbamates (subject to hydrolysis) is 1. The molecule has 0 heterocycles. The Morgan fingerprint density at radius 2 is 1.70 bits per heavy atom. The maximum Gasteiger partial charge on any atom is 0.408 e. The summed E-state index contributed by atoms with van der Waals surface area (Å²) in [5.74, 6) is -1.86. The first-order valence-corrected chi connectivity index (χ1v) is 9.25. The molecule has 0 aromatic heterocycles. The van der Waals surface area contributed by atoms with Crippen LogP contribution in [0.15, 0.2) is 24.3 Å². The van der Waals surface area contributed by atoms with Crippen LogP contribution in [-0.4, -0.2) is 66.2 Å². The molecule has 166 valence electrons. The number of phenols is 1. The lowest BCUT2D eigenvalue weighted by atomic mass is 10.0. The molecular formula is C20H29N3O7. The third-order valence-electron chi connectivity index (χ3n) is 3.93. The van der Waals surface area contributed by atoms with Gasteiger partial charge >= 0.3 is 12.1 Å². The van der Waals surface area contributed by atoms with Gasteiger partial charge in [0.25, 0.3) is 0 Å². The van der Waals surface area contributed by atoms with Crippen LogP contribution in [0.2, 0.25) is 0 Å². The number of aromatic hydroxyl groups is 1. The van der Waals surface area contributed by atoms with Gasteiger partial charge in [-0.05, 0) is 45.4 Å². The predicted molar refractivity (Wildman–Crippen MR) is 107 cm³/mol. The SMILES string of the molecule is COC(=O)CNC(=O)C(c1ccc(O)cc1)N(C)C(=O)C(C)NC(=O)OC(C)(C)C. The highest BCUT2D eigenvalue weighted by molar-refractivity contribution is 5.92. The largest absolute Gasteiger partial charge is 0.508 e. The monoisotopic (exact) mass is 423 g/mol. The lowest BCUT2D eigenvalue weighted by molar-refractivity contribution is -0.143. The summed E-state index contributed by atoms with van der Waals surface area (Å²) in [6.07, 6.45) is -0.770. The number of esters is 1. The zero-order valence-electron chi connectivity index (χ0n) is 18.0.